The fourth-order valence-corrected chi connectivity index (χ4v) is 8.78. The molecule has 302 valence electrons. The lowest BCUT2D eigenvalue weighted by atomic mass is 9.98. The van der Waals surface area contributed by atoms with E-state index in [4.69, 9.17) is 11.6 Å². The Morgan fingerprint density at radius 3 is 2.24 bits per heavy atom. The molecule has 1 aliphatic heterocycles. The number of carbonyl (C=O) groups is 2. The molecule has 1 fully saturated rings. The molecule has 0 saturated carbocycles. The minimum absolute atomic E-state index is 0.0268. The van der Waals surface area contributed by atoms with Crippen molar-refractivity contribution >= 4 is 62.3 Å². The monoisotopic (exact) mass is 840 g/mol. The highest BCUT2D eigenvalue weighted by molar-refractivity contribution is 7.99. The summed E-state index contributed by atoms with van der Waals surface area (Å²) >= 11 is 7.69. The molecule has 2 amide bonds. The molecular weight excluding hydrogens is 796 g/mol. The molecule has 1 aliphatic rings. The minimum Gasteiger partial charge on any atom is -0.376 e. The van der Waals surface area contributed by atoms with Crippen molar-refractivity contribution in [1.82, 2.24) is 14.9 Å². The second kappa shape index (κ2) is 19.4. The van der Waals surface area contributed by atoms with Crippen molar-refractivity contribution in [2.75, 3.05) is 49.7 Å². The van der Waals surface area contributed by atoms with E-state index in [1.165, 1.54) is 12.1 Å². The number of carbonyl (C=O) groups excluding carboxylic acids is 2. The summed E-state index contributed by atoms with van der Waals surface area (Å²) < 4.78 is 28.8. The smallest absolute Gasteiger partial charge is 0.293 e. The Labute approximate surface area is 348 Å². The van der Waals surface area contributed by atoms with Gasteiger partial charge in [0, 0.05) is 63.7 Å². The third-order valence-corrected chi connectivity index (χ3v) is 12.6. The number of hydrogen-bond acceptors (Lipinski definition) is 10. The van der Waals surface area contributed by atoms with Crippen LogP contribution in [0.1, 0.15) is 40.0 Å². The van der Waals surface area contributed by atoms with Crippen molar-refractivity contribution in [2.45, 2.75) is 41.1 Å². The lowest BCUT2D eigenvalue weighted by Crippen LogP contribution is -2.44. The number of nitro benzene ring substituents is 1. The van der Waals surface area contributed by atoms with E-state index in [1.807, 2.05) is 85.7 Å². The molecule has 1 saturated heterocycles. The molecule has 0 bridgehead atoms. The van der Waals surface area contributed by atoms with Crippen LogP contribution in [0.25, 0.3) is 11.1 Å². The Morgan fingerprint density at radius 1 is 0.897 bits per heavy atom. The minimum atomic E-state index is -4.46. The number of benzene rings is 5. The van der Waals surface area contributed by atoms with Gasteiger partial charge in [-0.15, -0.1) is 11.8 Å². The van der Waals surface area contributed by atoms with Gasteiger partial charge >= 0.3 is 0 Å². The molecule has 58 heavy (non-hydrogen) atoms. The SMILES string of the molecule is CN(C)CC[C@H](CSc1ccccc1)Nc1ccc(S(=O)(=O)NC(=O)c2ccc(N3CCC(NC(=O)c4ccccc4-c4ccc(Cl)cc4)CC3)cc2)cc1[N+](=O)[O-]. The van der Waals surface area contributed by atoms with Crippen LogP contribution in [0.4, 0.5) is 17.1 Å². The molecule has 12 nitrogen and oxygen atoms in total. The van der Waals surface area contributed by atoms with Crippen LogP contribution in [-0.4, -0.2) is 81.6 Å². The fourth-order valence-electron chi connectivity index (χ4n) is 6.67. The average molecular weight is 841 g/mol. The van der Waals surface area contributed by atoms with Gasteiger partial charge in [0.15, 0.2) is 0 Å². The first-order valence-electron chi connectivity index (χ1n) is 18.8. The maximum absolute atomic E-state index is 13.4. The molecule has 15 heteroatoms. The van der Waals surface area contributed by atoms with Crippen LogP contribution >= 0.6 is 23.4 Å². The Balaban J connectivity index is 1.05. The van der Waals surface area contributed by atoms with Gasteiger partial charge in [0.25, 0.3) is 27.5 Å². The highest BCUT2D eigenvalue weighted by Crippen LogP contribution is 2.31. The average Bonchev–Trinajstić information content (AvgIpc) is 3.22. The molecule has 5 aromatic carbocycles. The van der Waals surface area contributed by atoms with Crippen molar-refractivity contribution in [2.24, 2.45) is 0 Å². The number of rotatable bonds is 16. The summed E-state index contributed by atoms with van der Waals surface area (Å²) in [4.78, 5) is 42.9. The zero-order valence-corrected chi connectivity index (χ0v) is 34.5. The van der Waals surface area contributed by atoms with Gasteiger partial charge in [-0.05, 0) is 118 Å². The van der Waals surface area contributed by atoms with E-state index in [0.29, 0.717) is 48.7 Å². The normalized spacial score (nSPS) is 13.8. The molecule has 3 N–H and O–H groups in total. The lowest BCUT2D eigenvalue weighted by molar-refractivity contribution is -0.384. The van der Waals surface area contributed by atoms with Crippen LogP contribution in [0.15, 0.2) is 131 Å². The van der Waals surface area contributed by atoms with Crippen molar-refractivity contribution < 1.29 is 22.9 Å². The summed E-state index contributed by atoms with van der Waals surface area (Å²) in [6.07, 6.45) is 2.11. The molecule has 0 radical (unpaired) electrons. The van der Waals surface area contributed by atoms with Crippen molar-refractivity contribution in [3.63, 3.8) is 0 Å². The first-order chi connectivity index (χ1) is 27.9. The molecular formula is C43H45ClN6O6S2. The number of halogens is 1. The molecule has 5 aromatic rings. The molecule has 0 aromatic heterocycles. The number of piperidine rings is 1. The van der Waals surface area contributed by atoms with Gasteiger partial charge < -0.3 is 20.4 Å². The molecule has 0 spiro atoms. The molecule has 6 rings (SSSR count). The summed E-state index contributed by atoms with van der Waals surface area (Å²) in [5.41, 5.74) is 3.05. The Morgan fingerprint density at radius 2 is 1.57 bits per heavy atom. The lowest BCUT2D eigenvalue weighted by Gasteiger charge is -2.34. The molecule has 0 aliphatic carbocycles. The second-order valence-corrected chi connectivity index (χ2v) is 17.5. The number of amides is 2. The molecule has 1 heterocycles. The van der Waals surface area contributed by atoms with Crippen LogP contribution in [0.2, 0.25) is 5.02 Å². The fraction of sp³-hybridized carbons (Fsp3) is 0.256. The van der Waals surface area contributed by atoms with Gasteiger partial charge in [0.1, 0.15) is 5.69 Å². The predicted molar refractivity (Wildman–Crippen MR) is 232 cm³/mol. The number of nitrogens with one attached hydrogen (secondary N) is 3. The number of anilines is 2. The Kier molecular flexibility index (Phi) is 14.1. The van der Waals surface area contributed by atoms with E-state index in [2.05, 4.69) is 20.3 Å². The predicted octanol–water partition coefficient (Wildman–Crippen LogP) is 7.96. The summed E-state index contributed by atoms with van der Waals surface area (Å²) in [6.45, 7) is 2.06. The molecule has 0 unspecified atom stereocenters. The number of nitro groups is 1. The van der Waals surface area contributed by atoms with E-state index >= 15 is 0 Å². The standard InChI is InChI=1S/C43H45ClN6O6S2/c1-48(2)25-22-34(29-57-36-8-4-3-5-9-36)45-40-21-20-37(28-41(40)50(53)54)58(55,56)47-42(51)31-14-18-35(19-15-31)49-26-23-33(24-27-49)46-43(52)39-11-7-6-10-38(39)30-12-16-32(44)17-13-30/h3-21,28,33-34,45H,22-27,29H2,1-2H3,(H,46,52)(H,47,51)/t34-/m1/s1. The topological polar surface area (TPSA) is 154 Å². The van der Waals surface area contributed by atoms with Crippen LogP contribution in [0.3, 0.4) is 0 Å². The maximum atomic E-state index is 13.4. The number of hydrogen-bond donors (Lipinski definition) is 3. The van der Waals surface area contributed by atoms with Gasteiger partial charge in [0.2, 0.25) is 0 Å². The largest absolute Gasteiger partial charge is 0.376 e. The van der Waals surface area contributed by atoms with Gasteiger partial charge in [-0.25, -0.2) is 13.1 Å². The Bertz CT molecular complexity index is 2320. The first-order valence-corrected chi connectivity index (χ1v) is 21.7. The quantitative estimate of drug-likeness (QED) is 0.0507. The van der Waals surface area contributed by atoms with Crippen molar-refractivity contribution in [1.29, 1.82) is 0 Å². The highest BCUT2D eigenvalue weighted by atomic mass is 35.5. The highest BCUT2D eigenvalue weighted by Gasteiger charge is 2.26. The van der Waals surface area contributed by atoms with Gasteiger partial charge in [-0.2, -0.15) is 0 Å². The van der Waals surface area contributed by atoms with Crippen LogP contribution in [0, 0.1) is 10.1 Å². The second-order valence-electron chi connectivity index (χ2n) is 14.3. The van der Waals surface area contributed by atoms with Crippen LogP contribution < -0.4 is 20.3 Å². The van der Waals surface area contributed by atoms with Gasteiger partial charge in [-0.1, -0.05) is 60.1 Å². The zero-order valence-electron chi connectivity index (χ0n) is 32.1. The zero-order chi connectivity index (χ0) is 41.2. The third kappa shape index (κ3) is 11.2. The maximum Gasteiger partial charge on any atom is 0.293 e. The van der Waals surface area contributed by atoms with E-state index in [1.54, 1.807) is 48.2 Å². The van der Waals surface area contributed by atoms with Gasteiger partial charge in [-0.3, -0.25) is 19.7 Å². The first kappa shape index (κ1) is 42.2. The van der Waals surface area contributed by atoms with Crippen LogP contribution in [-0.2, 0) is 10.0 Å². The van der Waals surface area contributed by atoms with Crippen molar-refractivity contribution in [3.05, 3.63) is 148 Å². The van der Waals surface area contributed by atoms with Crippen LogP contribution in [0.5, 0.6) is 0 Å². The summed E-state index contributed by atoms with van der Waals surface area (Å²) in [6, 6.07) is 34.7. The van der Waals surface area contributed by atoms with E-state index < -0.39 is 31.4 Å². The summed E-state index contributed by atoms with van der Waals surface area (Å²) in [5, 5.41) is 19.2. The van der Waals surface area contributed by atoms with Gasteiger partial charge in [0.05, 0.1) is 9.82 Å². The van der Waals surface area contributed by atoms with E-state index in [9.17, 15) is 28.1 Å². The Hall–Kier alpha value is -5.41. The van der Waals surface area contributed by atoms with Crippen molar-refractivity contribution in [3.8, 4) is 11.1 Å². The number of thioether (sulfide) groups is 1. The molecule has 1 atom stereocenters. The summed E-state index contributed by atoms with van der Waals surface area (Å²) in [5.74, 6) is -0.379. The van der Waals surface area contributed by atoms with E-state index in [-0.39, 0.29) is 29.2 Å². The van der Waals surface area contributed by atoms with E-state index in [0.717, 1.165) is 34.3 Å². The third-order valence-electron chi connectivity index (χ3n) is 9.83. The number of sulfonamides is 1. The number of nitrogens with zero attached hydrogens (tertiary/aromatic N) is 3. The summed E-state index contributed by atoms with van der Waals surface area (Å²) in [7, 11) is -0.556.